The van der Waals surface area contributed by atoms with Crippen LogP contribution in [0, 0.1) is 5.41 Å². The molecule has 2 unspecified atom stereocenters. The van der Waals surface area contributed by atoms with Crippen molar-refractivity contribution in [2.45, 2.75) is 45.3 Å². The molecule has 1 spiro atoms. The number of carbonyl (C=O) groups excluding carboxylic acids is 1. The van der Waals surface area contributed by atoms with Crippen molar-refractivity contribution in [3.8, 4) is 0 Å². The summed E-state index contributed by atoms with van der Waals surface area (Å²) < 4.78 is 5.81. The number of carbonyl (C=O) groups is 1. The Morgan fingerprint density at radius 3 is 2.52 bits per heavy atom. The van der Waals surface area contributed by atoms with Crippen molar-refractivity contribution in [2.24, 2.45) is 5.41 Å². The Balaban J connectivity index is 1.56. The Labute approximate surface area is 150 Å². The zero-order valence-electron chi connectivity index (χ0n) is 15.4. The van der Waals surface area contributed by atoms with Gasteiger partial charge in [0.25, 0.3) is 0 Å². The smallest absolute Gasteiger partial charge is 0.242 e. The maximum atomic E-state index is 12.7. The molecular formula is C20H30N2O3. The largest absolute Gasteiger partial charge is 0.392 e. The first-order valence-corrected chi connectivity index (χ1v) is 9.48. The van der Waals surface area contributed by atoms with E-state index >= 15 is 0 Å². The molecule has 1 aromatic carbocycles. The number of anilines is 1. The van der Waals surface area contributed by atoms with E-state index in [0.29, 0.717) is 26.2 Å². The number of likely N-dealkylation sites (N-methyl/N-ethyl adjacent to an activating group) is 1. The molecule has 138 valence electrons. The van der Waals surface area contributed by atoms with Gasteiger partial charge < -0.3 is 19.6 Å². The van der Waals surface area contributed by atoms with E-state index in [9.17, 15) is 9.90 Å². The van der Waals surface area contributed by atoms with Crippen LogP contribution in [-0.2, 0) is 9.53 Å². The summed E-state index contributed by atoms with van der Waals surface area (Å²) in [5, 5.41) is 10.3. The highest BCUT2D eigenvalue weighted by molar-refractivity contribution is 5.81. The Hall–Kier alpha value is -1.59. The van der Waals surface area contributed by atoms with Gasteiger partial charge in [-0.1, -0.05) is 18.2 Å². The number of rotatable bonds is 6. The summed E-state index contributed by atoms with van der Waals surface area (Å²) in [5.74, 6) is 0.169. The molecule has 1 aliphatic carbocycles. The second-order valence-electron chi connectivity index (χ2n) is 7.16. The minimum absolute atomic E-state index is 0.128. The highest BCUT2D eigenvalue weighted by Gasteiger charge is 2.56. The molecule has 2 fully saturated rings. The van der Waals surface area contributed by atoms with Crippen LogP contribution in [0.3, 0.4) is 0 Å². The van der Waals surface area contributed by atoms with Crippen LogP contribution in [0.15, 0.2) is 30.3 Å². The lowest BCUT2D eigenvalue weighted by atomic mass is 9.58. The molecule has 0 bridgehead atoms. The summed E-state index contributed by atoms with van der Waals surface area (Å²) in [7, 11) is 0. The Morgan fingerprint density at radius 1 is 1.28 bits per heavy atom. The number of aliphatic hydroxyl groups is 1. The molecule has 0 radical (unpaired) electrons. The van der Waals surface area contributed by atoms with Gasteiger partial charge in [0.2, 0.25) is 5.91 Å². The number of hydrogen-bond acceptors (Lipinski definition) is 4. The normalized spacial score (nSPS) is 24.8. The molecule has 5 heteroatoms. The molecular weight excluding hydrogens is 316 g/mol. The summed E-state index contributed by atoms with van der Waals surface area (Å²) in [5.41, 5.74) is 0.953. The van der Waals surface area contributed by atoms with Gasteiger partial charge in [0.1, 0.15) is 0 Å². The van der Waals surface area contributed by atoms with Gasteiger partial charge in [0.15, 0.2) is 0 Å². The second-order valence-corrected chi connectivity index (χ2v) is 7.16. The fourth-order valence-corrected chi connectivity index (χ4v) is 4.28. The number of para-hydroxylation sites is 1. The molecule has 2 atom stereocenters. The number of nitrogens with zero attached hydrogens (tertiary/aromatic N) is 2. The van der Waals surface area contributed by atoms with Crippen LogP contribution < -0.4 is 4.90 Å². The first-order valence-electron chi connectivity index (χ1n) is 9.48. The molecule has 0 aromatic heterocycles. The van der Waals surface area contributed by atoms with E-state index in [0.717, 1.165) is 31.5 Å². The molecule has 2 aliphatic rings. The third kappa shape index (κ3) is 3.53. The Morgan fingerprint density at radius 2 is 1.96 bits per heavy atom. The molecule has 1 heterocycles. The standard InChI is InChI=1S/C20H30N2O3/c1-3-21(16-8-6-5-7-9-16)15-19(24)22-12-10-20(11-13-22)17(23)14-18(20)25-4-2/h5-9,17-18,23H,3-4,10-15H2,1-2H3. The van der Waals surface area contributed by atoms with Gasteiger partial charge in [-0.2, -0.15) is 0 Å². The number of amides is 1. The summed E-state index contributed by atoms with van der Waals surface area (Å²) in [6.45, 7) is 7.40. The highest BCUT2D eigenvalue weighted by Crippen LogP contribution is 2.50. The molecule has 1 aromatic rings. The fourth-order valence-electron chi connectivity index (χ4n) is 4.28. The minimum Gasteiger partial charge on any atom is -0.392 e. The van der Waals surface area contributed by atoms with Crippen LogP contribution in [0.4, 0.5) is 5.69 Å². The van der Waals surface area contributed by atoms with Crippen molar-refractivity contribution in [3.63, 3.8) is 0 Å². The van der Waals surface area contributed by atoms with Crippen LogP contribution >= 0.6 is 0 Å². The van der Waals surface area contributed by atoms with E-state index in [1.165, 1.54) is 0 Å². The zero-order valence-corrected chi connectivity index (χ0v) is 15.4. The van der Waals surface area contributed by atoms with E-state index in [4.69, 9.17) is 4.74 Å². The number of hydrogen-bond donors (Lipinski definition) is 1. The number of aliphatic hydroxyl groups excluding tert-OH is 1. The summed E-state index contributed by atoms with van der Waals surface area (Å²) in [4.78, 5) is 16.8. The van der Waals surface area contributed by atoms with Crippen LogP contribution in [-0.4, -0.2) is 60.9 Å². The van der Waals surface area contributed by atoms with Crippen LogP contribution in [0.25, 0.3) is 0 Å². The maximum absolute atomic E-state index is 12.7. The monoisotopic (exact) mass is 346 g/mol. The van der Waals surface area contributed by atoms with Crippen molar-refractivity contribution < 1.29 is 14.6 Å². The van der Waals surface area contributed by atoms with Crippen molar-refractivity contribution in [1.82, 2.24) is 4.90 Å². The van der Waals surface area contributed by atoms with Gasteiger partial charge >= 0.3 is 0 Å². The van der Waals surface area contributed by atoms with Crippen molar-refractivity contribution >= 4 is 11.6 Å². The first kappa shape index (κ1) is 18.2. The number of piperidine rings is 1. The lowest BCUT2D eigenvalue weighted by Gasteiger charge is -2.56. The molecule has 1 saturated carbocycles. The molecule has 5 nitrogen and oxygen atoms in total. The van der Waals surface area contributed by atoms with E-state index in [-0.39, 0.29) is 23.5 Å². The molecule has 1 amide bonds. The molecule has 1 N–H and O–H groups in total. The van der Waals surface area contributed by atoms with E-state index in [2.05, 4.69) is 11.8 Å². The zero-order chi connectivity index (χ0) is 17.9. The molecule has 25 heavy (non-hydrogen) atoms. The summed E-state index contributed by atoms with van der Waals surface area (Å²) in [6, 6.07) is 10.1. The van der Waals surface area contributed by atoms with E-state index in [1.54, 1.807) is 0 Å². The number of ether oxygens (including phenoxy) is 1. The summed E-state index contributed by atoms with van der Waals surface area (Å²) >= 11 is 0. The van der Waals surface area contributed by atoms with Crippen molar-refractivity contribution in [2.75, 3.05) is 37.7 Å². The third-order valence-electron chi connectivity index (χ3n) is 5.99. The van der Waals surface area contributed by atoms with Gasteiger partial charge in [0.05, 0.1) is 18.8 Å². The van der Waals surface area contributed by atoms with Gasteiger partial charge in [-0.05, 0) is 38.8 Å². The molecule has 1 saturated heterocycles. The number of likely N-dealkylation sites (tertiary alicyclic amines) is 1. The van der Waals surface area contributed by atoms with Crippen LogP contribution in [0.2, 0.25) is 0 Å². The van der Waals surface area contributed by atoms with Crippen molar-refractivity contribution in [1.29, 1.82) is 0 Å². The maximum Gasteiger partial charge on any atom is 0.242 e. The SMILES string of the molecule is CCOC1CC(O)C12CCN(C(=O)CN(CC)c1ccccc1)CC2. The van der Waals surface area contributed by atoms with Gasteiger partial charge in [-0.25, -0.2) is 0 Å². The average molecular weight is 346 g/mol. The predicted octanol–water partition coefficient (Wildman–Crippen LogP) is 2.29. The van der Waals surface area contributed by atoms with Gasteiger partial charge in [-0.3, -0.25) is 4.79 Å². The molecule has 3 rings (SSSR count). The van der Waals surface area contributed by atoms with Crippen molar-refractivity contribution in [3.05, 3.63) is 30.3 Å². The highest BCUT2D eigenvalue weighted by atomic mass is 16.5. The quantitative estimate of drug-likeness (QED) is 0.859. The van der Waals surface area contributed by atoms with Gasteiger partial charge in [0, 0.05) is 43.8 Å². The van der Waals surface area contributed by atoms with E-state index in [1.807, 2.05) is 42.2 Å². The van der Waals surface area contributed by atoms with E-state index < -0.39 is 0 Å². The Kier molecular flexibility index (Phi) is 5.64. The Bertz CT molecular complexity index is 568. The second kappa shape index (κ2) is 7.75. The van der Waals surface area contributed by atoms with Crippen LogP contribution in [0.1, 0.15) is 33.1 Å². The summed E-state index contributed by atoms with van der Waals surface area (Å²) in [6.07, 6.45) is 2.28. The fraction of sp³-hybridized carbons (Fsp3) is 0.650. The predicted molar refractivity (Wildman–Crippen MR) is 98.6 cm³/mol. The lowest BCUT2D eigenvalue weighted by molar-refractivity contribution is -0.209. The molecule has 1 aliphatic heterocycles. The minimum atomic E-state index is -0.280. The first-order chi connectivity index (χ1) is 12.1. The third-order valence-corrected chi connectivity index (χ3v) is 5.99. The topological polar surface area (TPSA) is 53.0 Å². The lowest BCUT2D eigenvalue weighted by Crippen LogP contribution is -2.63. The number of benzene rings is 1. The van der Waals surface area contributed by atoms with Crippen LogP contribution in [0.5, 0.6) is 0 Å². The average Bonchev–Trinajstić information content (AvgIpc) is 2.66. The van der Waals surface area contributed by atoms with Gasteiger partial charge in [-0.15, -0.1) is 0 Å².